The quantitative estimate of drug-likeness (QED) is 0.921. The minimum atomic E-state index is -1.49. The predicted octanol–water partition coefficient (Wildman–Crippen LogP) is 3.88. The van der Waals surface area contributed by atoms with Crippen LogP contribution in [-0.2, 0) is 5.60 Å². The summed E-state index contributed by atoms with van der Waals surface area (Å²) in [7, 11) is 0. The molecule has 2 aromatic rings. The van der Waals surface area contributed by atoms with E-state index in [0.717, 1.165) is 5.56 Å². The first kappa shape index (κ1) is 17.5. The number of aliphatic hydroxyl groups is 1. The predicted molar refractivity (Wildman–Crippen MR) is 90.6 cm³/mol. The van der Waals surface area contributed by atoms with Gasteiger partial charge >= 0.3 is 0 Å². The largest absolute Gasteiger partial charge is 0.385 e. The molecule has 3 rings (SSSR count). The van der Waals surface area contributed by atoms with E-state index in [-0.39, 0.29) is 24.4 Å². The van der Waals surface area contributed by atoms with Gasteiger partial charge in [-0.3, -0.25) is 4.90 Å². The number of halogens is 2. The lowest BCUT2D eigenvalue weighted by Gasteiger charge is -2.41. The van der Waals surface area contributed by atoms with Crippen molar-refractivity contribution in [2.24, 2.45) is 0 Å². The summed E-state index contributed by atoms with van der Waals surface area (Å²) in [6.07, 6.45) is 0.514. The molecule has 0 amide bonds. The van der Waals surface area contributed by atoms with Gasteiger partial charge in [-0.05, 0) is 49.6 Å². The number of likely N-dealkylation sites (tertiary alicyclic amines) is 1. The van der Waals surface area contributed by atoms with E-state index in [1.807, 2.05) is 25.1 Å². The monoisotopic (exact) mass is 342 g/mol. The lowest BCUT2D eigenvalue weighted by atomic mass is 9.83. The van der Waals surface area contributed by atoms with Crippen LogP contribution in [0, 0.1) is 23.0 Å². The third-order valence-corrected chi connectivity index (χ3v) is 5.10. The highest BCUT2D eigenvalue weighted by Gasteiger charge is 2.39. The summed E-state index contributed by atoms with van der Waals surface area (Å²) in [5.74, 6) is -1.41. The summed E-state index contributed by atoms with van der Waals surface area (Å²) in [5.41, 5.74) is -0.0956. The van der Waals surface area contributed by atoms with Crippen molar-refractivity contribution in [1.29, 1.82) is 5.26 Å². The van der Waals surface area contributed by atoms with E-state index in [1.165, 1.54) is 18.2 Å². The molecule has 1 aliphatic rings. The highest BCUT2D eigenvalue weighted by Crippen LogP contribution is 2.38. The van der Waals surface area contributed by atoms with Gasteiger partial charge in [0.05, 0.1) is 22.8 Å². The normalized spacial score (nSPS) is 18.5. The van der Waals surface area contributed by atoms with Crippen LogP contribution in [0.4, 0.5) is 8.78 Å². The summed E-state index contributed by atoms with van der Waals surface area (Å²) in [6.45, 7) is 3.06. The zero-order valence-electron chi connectivity index (χ0n) is 14.0. The molecule has 0 saturated carbocycles. The molecule has 2 aromatic carbocycles. The first-order valence-corrected chi connectivity index (χ1v) is 8.35. The van der Waals surface area contributed by atoms with Crippen LogP contribution >= 0.6 is 0 Å². The molecule has 1 heterocycles. The maximum absolute atomic E-state index is 14.0. The van der Waals surface area contributed by atoms with Gasteiger partial charge in [0.15, 0.2) is 0 Å². The Kier molecular flexibility index (Phi) is 4.85. The number of nitriles is 1. The Labute approximate surface area is 146 Å². The maximum atomic E-state index is 14.0. The van der Waals surface area contributed by atoms with E-state index in [2.05, 4.69) is 11.0 Å². The Morgan fingerprint density at radius 2 is 1.72 bits per heavy atom. The second kappa shape index (κ2) is 6.91. The van der Waals surface area contributed by atoms with Crippen LogP contribution in [0.25, 0.3) is 0 Å². The molecule has 1 N–H and O–H groups in total. The van der Waals surface area contributed by atoms with E-state index in [1.54, 1.807) is 6.07 Å². The molecule has 1 atom stereocenters. The molecule has 1 saturated heterocycles. The first-order valence-electron chi connectivity index (χ1n) is 8.35. The van der Waals surface area contributed by atoms with Crippen LogP contribution in [0.15, 0.2) is 42.5 Å². The maximum Gasteiger partial charge on any atom is 0.132 e. The molecule has 25 heavy (non-hydrogen) atoms. The molecule has 0 bridgehead atoms. The fourth-order valence-corrected chi connectivity index (χ4v) is 3.55. The van der Waals surface area contributed by atoms with Gasteiger partial charge in [-0.1, -0.05) is 18.2 Å². The summed E-state index contributed by atoms with van der Waals surface area (Å²) >= 11 is 0. The molecular weight excluding hydrogens is 322 g/mol. The number of benzene rings is 2. The third-order valence-electron chi connectivity index (χ3n) is 5.10. The van der Waals surface area contributed by atoms with Gasteiger partial charge < -0.3 is 5.11 Å². The minimum absolute atomic E-state index is 0.0586. The fraction of sp³-hybridized carbons (Fsp3) is 0.350. The smallest absolute Gasteiger partial charge is 0.132 e. The molecule has 1 aliphatic heterocycles. The molecule has 0 aromatic heterocycles. The topological polar surface area (TPSA) is 47.3 Å². The van der Waals surface area contributed by atoms with Crippen LogP contribution in [0.1, 0.15) is 42.5 Å². The molecule has 130 valence electrons. The average Bonchev–Trinajstić information content (AvgIpc) is 2.61. The SMILES string of the molecule is C[C@@H](c1cccc(C#N)c1)N1CCC(O)(c2c(F)cccc2F)CC1. The van der Waals surface area contributed by atoms with Gasteiger partial charge in [-0.15, -0.1) is 0 Å². The van der Waals surface area contributed by atoms with Gasteiger partial charge in [0.2, 0.25) is 0 Å². The van der Waals surface area contributed by atoms with Crippen LogP contribution < -0.4 is 0 Å². The second-order valence-electron chi connectivity index (χ2n) is 6.58. The molecule has 5 heteroatoms. The molecule has 1 fully saturated rings. The van der Waals surface area contributed by atoms with Crippen LogP contribution in [0.3, 0.4) is 0 Å². The zero-order chi connectivity index (χ0) is 18.0. The number of hydrogen-bond donors (Lipinski definition) is 1. The van der Waals surface area contributed by atoms with E-state index < -0.39 is 17.2 Å². The third kappa shape index (κ3) is 3.41. The summed E-state index contributed by atoms with van der Waals surface area (Å²) in [5, 5.41) is 19.8. The van der Waals surface area contributed by atoms with Crippen molar-refractivity contribution in [2.45, 2.75) is 31.4 Å². The second-order valence-corrected chi connectivity index (χ2v) is 6.58. The Morgan fingerprint density at radius 1 is 1.12 bits per heavy atom. The number of rotatable bonds is 3. The number of nitrogens with zero attached hydrogens (tertiary/aromatic N) is 2. The van der Waals surface area contributed by atoms with Crippen molar-refractivity contribution in [3.63, 3.8) is 0 Å². The van der Waals surface area contributed by atoms with Crippen LogP contribution in [-0.4, -0.2) is 23.1 Å². The van der Waals surface area contributed by atoms with Gasteiger partial charge in [-0.2, -0.15) is 5.26 Å². The van der Waals surface area contributed by atoms with Gasteiger partial charge in [-0.25, -0.2) is 8.78 Å². The molecule has 3 nitrogen and oxygen atoms in total. The first-order chi connectivity index (χ1) is 11.9. The van der Waals surface area contributed by atoms with Crippen LogP contribution in [0.2, 0.25) is 0 Å². The van der Waals surface area contributed by atoms with Gasteiger partial charge in [0, 0.05) is 19.1 Å². The Morgan fingerprint density at radius 3 is 2.32 bits per heavy atom. The number of piperidine rings is 1. The highest BCUT2D eigenvalue weighted by molar-refractivity contribution is 5.34. The lowest BCUT2D eigenvalue weighted by Crippen LogP contribution is -2.44. The van der Waals surface area contributed by atoms with Gasteiger partial charge in [0.1, 0.15) is 11.6 Å². The Bertz CT molecular complexity index is 787. The highest BCUT2D eigenvalue weighted by atomic mass is 19.1. The molecule has 0 radical (unpaired) electrons. The zero-order valence-corrected chi connectivity index (χ0v) is 14.0. The Hall–Kier alpha value is -2.29. The standard InChI is InChI=1S/C20H20F2N2O/c1-14(16-5-2-4-15(12-16)13-23)24-10-8-20(25,9-11-24)19-17(21)6-3-7-18(19)22/h2-7,12,14,25H,8-11H2,1H3/t14-/m0/s1. The van der Waals surface area contributed by atoms with Crippen molar-refractivity contribution >= 4 is 0 Å². The number of hydrogen-bond acceptors (Lipinski definition) is 3. The fourth-order valence-electron chi connectivity index (χ4n) is 3.55. The minimum Gasteiger partial charge on any atom is -0.385 e. The summed E-state index contributed by atoms with van der Waals surface area (Å²) in [4.78, 5) is 2.16. The molecular formula is C20H20F2N2O. The van der Waals surface area contributed by atoms with Crippen molar-refractivity contribution in [3.8, 4) is 6.07 Å². The van der Waals surface area contributed by atoms with E-state index in [0.29, 0.717) is 18.7 Å². The lowest BCUT2D eigenvalue weighted by molar-refractivity contribution is -0.0392. The Balaban J connectivity index is 1.76. The summed E-state index contributed by atoms with van der Waals surface area (Å²) in [6, 6.07) is 13.3. The summed E-state index contributed by atoms with van der Waals surface area (Å²) < 4.78 is 28.1. The van der Waals surface area contributed by atoms with Crippen molar-refractivity contribution in [1.82, 2.24) is 4.90 Å². The van der Waals surface area contributed by atoms with Crippen molar-refractivity contribution in [3.05, 3.63) is 70.8 Å². The van der Waals surface area contributed by atoms with Crippen molar-refractivity contribution < 1.29 is 13.9 Å². The van der Waals surface area contributed by atoms with E-state index in [9.17, 15) is 13.9 Å². The van der Waals surface area contributed by atoms with E-state index >= 15 is 0 Å². The van der Waals surface area contributed by atoms with E-state index in [4.69, 9.17) is 5.26 Å². The molecule has 0 spiro atoms. The average molecular weight is 342 g/mol. The van der Waals surface area contributed by atoms with Crippen molar-refractivity contribution in [2.75, 3.05) is 13.1 Å². The van der Waals surface area contributed by atoms with Gasteiger partial charge in [0.25, 0.3) is 0 Å². The molecule has 0 unspecified atom stereocenters. The van der Waals surface area contributed by atoms with Crippen LogP contribution in [0.5, 0.6) is 0 Å². The molecule has 0 aliphatic carbocycles.